The molecule has 1 atom stereocenters. The predicted octanol–water partition coefficient (Wildman–Crippen LogP) is 3.00. The van der Waals surface area contributed by atoms with Crippen molar-refractivity contribution in [2.24, 2.45) is 0 Å². The minimum Gasteiger partial charge on any atom is -0.394 e. The third kappa shape index (κ3) is 3.37. The van der Waals surface area contributed by atoms with E-state index in [-0.39, 0.29) is 6.61 Å². The Bertz CT molecular complexity index is 395. The lowest BCUT2D eigenvalue weighted by Crippen LogP contribution is -2.38. The van der Waals surface area contributed by atoms with Crippen molar-refractivity contribution in [3.63, 3.8) is 0 Å². The van der Waals surface area contributed by atoms with Gasteiger partial charge in [0, 0.05) is 7.05 Å². The highest BCUT2D eigenvalue weighted by Crippen LogP contribution is 2.30. The molecule has 1 unspecified atom stereocenters. The highest BCUT2D eigenvalue weighted by atomic mass is 35.5. The maximum Gasteiger partial charge on any atom is 0.147 e. The number of aliphatic hydroxyl groups excluding tert-OH is 1. The quantitative estimate of drug-likeness (QED) is 0.775. The molecule has 1 rings (SSSR count). The molecule has 0 bridgehead atoms. The highest BCUT2D eigenvalue weighted by molar-refractivity contribution is 6.37. The SMILES string of the molecule is CCC(C)(CO)Nc1nc(NC)c(Cl)cc1Cl. The van der Waals surface area contributed by atoms with Crippen LogP contribution in [0.5, 0.6) is 0 Å². The van der Waals surface area contributed by atoms with Crippen molar-refractivity contribution >= 4 is 34.8 Å². The first-order valence-corrected chi connectivity index (χ1v) is 6.14. The first-order chi connectivity index (χ1) is 7.95. The molecule has 0 aliphatic rings. The van der Waals surface area contributed by atoms with E-state index < -0.39 is 5.54 Å². The Morgan fingerprint density at radius 2 is 1.94 bits per heavy atom. The van der Waals surface area contributed by atoms with E-state index in [0.29, 0.717) is 21.7 Å². The number of pyridine rings is 1. The largest absolute Gasteiger partial charge is 0.394 e. The molecule has 1 heterocycles. The van der Waals surface area contributed by atoms with Gasteiger partial charge in [0.2, 0.25) is 0 Å². The van der Waals surface area contributed by atoms with Crippen LogP contribution in [0.4, 0.5) is 11.6 Å². The van der Waals surface area contributed by atoms with Gasteiger partial charge >= 0.3 is 0 Å². The van der Waals surface area contributed by atoms with Crippen molar-refractivity contribution in [2.45, 2.75) is 25.8 Å². The van der Waals surface area contributed by atoms with Crippen LogP contribution in [0.15, 0.2) is 6.07 Å². The summed E-state index contributed by atoms with van der Waals surface area (Å²) in [5.41, 5.74) is -0.449. The lowest BCUT2D eigenvalue weighted by atomic mass is 10.0. The maximum absolute atomic E-state index is 9.34. The summed E-state index contributed by atoms with van der Waals surface area (Å²) in [6.07, 6.45) is 0.749. The van der Waals surface area contributed by atoms with E-state index in [4.69, 9.17) is 23.2 Å². The summed E-state index contributed by atoms with van der Waals surface area (Å²) in [5, 5.41) is 16.3. The van der Waals surface area contributed by atoms with E-state index in [2.05, 4.69) is 15.6 Å². The molecule has 1 aromatic heterocycles. The van der Waals surface area contributed by atoms with Crippen LogP contribution in [-0.2, 0) is 0 Å². The molecule has 3 N–H and O–H groups in total. The third-order valence-corrected chi connectivity index (χ3v) is 3.29. The third-order valence-electron chi connectivity index (χ3n) is 2.72. The lowest BCUT2D eigenvalue weighted by Gasteiger charge is -2.28. The van der Waals surface area contributed by atoms with Crippen LogP contribution in [-0.4, -0.2) is 29.3 Å². The molecule has 0 saturated heterocycles. The zero-order valence-corrected chi connectivity index (χ0v) is 11.7. The van der Waals surface area contributed by atoms with Crippen LogP contribution < -0.4 is 10.6 Å². The molecule has 0 aliphatic carbocycles. The molecule has 96 valence electrons. The number of aliphatic hydroxyl groups is 1. The van der Waals surface area contributed by atoms with Crippen molar-refractivity contribution < 1.29 is 5.11 Å². The van der Waals surface area contributed by atoms with Crippen LogP contribution in [0.1, 0.15) is 20.3 Å². The Hall–Kier alpha value is -0.710. The Morgan fingerprint density at radius 1 is 1.35 bits per heavy atom. The molecule has 17 heavy (non-hydrogen) atoms. The molecule has 1 aromatic rings. The van der Waals surface area contributed by atoms with E-state index in [1.54, 1.807) is 13.1 Å². The van der Waals surface area contributed by atoms with Gasteiger partial charge in [0.25, 0.3) is 0 Å². The first kappa shape index (κ1) is 14.4. The standard InChI is InChI=1S/C11H17Cl2N3O/c1-4-11(2,6-17)16-10-8(13)5-7(12)9(14-3)15-10/h5,17H,4,6H2,1-3H3,(H2,14,15,16). The van der Waals surface area contributed by atoms with Gasteiger partial charge in [0.05, 0.1) is 22.2 Å². The number of rotatable bonds is 5. The Balaban J connectivity index is 3.06. The molecule has 6 heteroatoms. The second kappa shape index (κ2) is 5.76. The summed E-state index contributed by atoms with van der Waals surface area (Å²) in [6, 6.07) is 1.62. The Labute approximate surface area is 111 Å². The number of hydrogen-bond donors (Lipinski definition) is 3. The summed E-state index contributed by atoms with van der Waals surface area (Å²) in [7, 11) is 1.73. The van der Waals surface area contributed by atoms with Gasteiger partial charge in [-0.05, 0) is 19.4 Å². The molecule has 0 aliphatic heterocycles. The van der Waals surface area contributed by atoms with Crippen LogP contribution in [0.25, 0.3) is 0 Å². The number of anilines is 2. The van der Waals surface area contributed by atoms with Gasteiger partial charge in [-0.3, -0.25) is 0 Å². The van der Waals surface area contributed by atoms with Gasteiger partial charge in [0.1, 0.15) is 11.6 Å². The maximum atomic E-state index is 9.34. The average molecular weight is 278 g/mol. The van der Waals surface area contributed by atoms with Gasteiger partial charge in [-0.15, -0.1) is 0 Å². The van der Waals surface area contributed by atoms with E-state index in [9.17, 15) is 5.11 Å². The summed E-state index contributed by atoms with van der Waals surface area (Å²) in [5.74, 6) is 1.06. The minimum absolute atomic E-state index is 0.000970. The predicted molar refractivity (Wildman–Crippen MR) is 73.2 cm³/mol. The number of aromatic nitrogens is 1. The summed E-state index contributed by atoms with van der Waals surface area (Å²) < 4.78 is 0. The second-order valence-electron chi connectivity index (χ2n) is 4.10. The summed E-state index contributed by atoms with van der Waals surface area (Å²) >= 11 is 12.0. The Kier molecular flexibility index (Phi) is 4.86. The van der Waals surface area contributed by atoms with Crippen LogP contribution in [0.3, 0.4) is 0 Å². The average Bonchev–Trinajstić information content (AvgIpc) is 2.32. The highest BCUT2D eigenvalue weighted by Gasteiger charge is 2.22. The number of halogens is 2. The fraction of sp³-hybridized carbons (Fsp3) is 0.545. The fourth-order valence-electron chi connectivity index (χ4n) is 1.26. The minimum atomic E-state index is -0.449. The molecule has 0 radical (unpaired) electrons. The van der Waals surface area contributed by atoms with E-state index in [0.717, 1.165) is 6.42 Å². The number of hydrogen-bond acceptors (Lipinski definition) is 4. The van der Waals surface area contributed by atoms with Gasteiger partial charge in [-0.2, -0.15) is 0 Å². The molecule has 0 saturated carbocycles. The van der Waals surface area contributed by atoms with Crippen LogP contribution >= 0.6 is 23.2 Å². The van der Waals surface area contributed by atoms with Crippen molar-refractivity contribution in [3.05, 3.63) is 16.1 Å². The summed E-state index contributed by atoms with van der Waals surface area (Å²) in [4.78, 5) is 4.27. The molecule has 0 aromatic carbocycles. The topological polar surface area (TPSA) is 57.2 Å². The second-order valence-corrected chi connectivity index (χ2v) is 4.91. The van der Waals surface area contributed by atoms with Crippen LogP contribution in [0, 0.1) is 0 Å². The molecule has 0 spiro atoms. The van der Waals surface area contributed by atoms with Gasteiger partial charge in [-0.25, -0.2) is 4.98 Å². The normalized spacial score (nSPS) is 14.2. The van der Waals surface area contributed by atoms with Crippen molar-refractivity contribution in [1.82, 2.24) is 4.98 Å². The van der Waals surface area contributed by atoms with Crippen molar-refractivity contribution in [1.29, 1.82) is 0 Å². The van der Waals surface area contributed by atoms with E-state index >= 15 is 0 Å². The lowest BCUT2D eigenvalue weighted by molar-refractivity contribution is 0.218. The van der Waals surface area contributed by atoms with Gasteiger partial charge < -0.3 is 15.7 Å². The molecular weight excluding hydrogens is 261 g/mol. The smallest absolute Gasteiger partial charge is 0.147 e. The van der Waals surface area contributed by atoms with E-state index in [1.807, 2.05) is 13.8 Å². The van der Waals surface area contributed by atoms with Crippen LogP contribution in [0.2, 0.25) is 10.0 Å². The summed E-state index contributed by atoms with van der Waals surface area (Å²) in [6.45, 7) is 3.88. The number of nitrogens with one attached hydrogen (secondary N) is 2. The zero-order chi connectivity index (χ0) is 13.1. The molecule has 4 nitrogen and oxygen atoms in total. The number of nitrogens with zero attached hydrogens (tertiary/aromatic N) is 1. The Morgan fingerprint density at radius 3 is 2.41 bits per heavy atom. The van der Waals surface area contributed by atoms with Crippen molar-refractivity contribution in [3.8, 4) is 0 Å². The monoisotopic (exact) mass is 277 g/mol. The van der Waals surface area contributed by atoms with Crippen molar-refractivity contribution in [2.75, 3.05) is 24.3 Å². The molecule has 0 amide bonds. The fourth-order valence-corrected chi connectivity index (χ4v) is 1.76. The molecule has 0 fully saturated rings. The zero-order valence-electron chi connectivity index (χ0n) is 10.1. The first-order valence-electron chi connectivity index (χ1n) is 5.38. The van der Waals surface area contributed by atoms with E-state index in [1.165, 1.54) is 0 Å². The van der Waals surface area contributed by atoms with Gasteiger partial charge in [-0.1, -0.05) is 30.1 Å². The molecular formula is C11H17Cl2N3O. The van der Waals surface area contributed by atoms with Gasteiger partial charge in [0.15, 0.2) is 0 Å².